The predicted octanol–water partition coefficient (Wildman–Crippen LogP) is 2.47. The number of benzene rings is 1. The zero-order valence-corrected chi connectivity index (χ0v) is 13.1. The summed E-state index contributed by atoms with van der Waals surface area (Å²) in [7, 11) is 0. The fourth-order valence-electron chi connectivity index (χ4n) is 3.05. The number of nitrogens with zero attached hydrogens (tertiary/aromatic N) is 2. The highest BCUT2D eigenvalue weighted by Crippen LogP contribution is 2.21. The summed E-state index contributed by atoms with van der Waals surface area (Å²) < 4.78 is 0. The third-order valence-electron chi connectivity index (χ3n) is 4.27. The number of aromatic hydroxyl groups is 1. The molecule has 1 fully saturated rings. The maximum Gasteiger partial charge on any atom is 0.226 e. The van der Waals surface area contributed by atoms with E-state index in [4.69, 9.17) is 0 Å². The highest BCUT2D eigenvalue weighted by Gasteiger charge is 2.28. The SMILES string of the molecule is CCN(CC)C(=O)[C@H]1CCCN(Cc2ccc(O)cc2)C1. The van der Waals surface area contributed by atoms with Gasteiger partial charge in [0.2, 0.25) is 5.91 Å². The Labute approximate surface area is 127 Å². The van der Waals surface area contributed by atoms with Crippen LogP contribution in [0.2, 0.25) is 0 Å². The van der Waals surface area contributed by atoms with Crippen molar-refractivity contribution in [2.24, 2.45) is 5.92 Å². The number of hydrogen-bond donors (Lipinski definition) is 1. The van der Waals surface area contributed by atoms with Gasteiger partial charge in [0.15, 0.2) is 0 Å². The van der Waals surface area contributed by atoms with Crippen LogP contribution in [-0.4, -0.2) is 47.0 Å². The molecular weight excluding hydrogens is 264 g/mol. The van der Waals surface area contributed by atoms with Gasteiger partial charge in [0, 0.05) is 26.2 Å². The molecule has 1 heterocycles. The molecule has 1 aliphatic rings. The summed E-state index contributed by atoms with van der Waals surface area (Å²) in [4.78, 5) is 16.8. The largest absolute Gasteiger partial charge is 0.508 e. The first kappa shape index (κ1) is 15.8. The van der Waals surface area contributed by atoms with E-state index in [1.165, 1.54) is 5.56 Å². The van der Waals surface area contributed by atoms with E-state index in [1.54, 1.807) is 12.1 Å². The molecule has 0 bridgehead atoms. The Morgan fingerprint density at radius 2 is 1.95 bits per heavy atom. The maximum atomic E-state index is 12.5. The van der Waals surface area contributed by atoms with Crippen molar-refractivity contribution in [3.05, 3.63) is 29.8 Å². The molecule has 1 aliphatic heterocycles. The van der Waals surface area contributed by atoms with Gasteiger partial charge in [-0.2, -0.15) is 0 Å². The molecular formula is C17H26N2O2. The molecule has 0 radical (unpaired) electrons. The van der Waals surface area contributed by atoms with Gasteiger partial charge in [-0.15, -0.1) is 0 Å². The molecule has 116 valence electrons. The monoisotopic (exact) mass is 290 g/mol. The Morgan fingerprint density at radius 3 is 2.57 bits per heavy atom. The maximum absolute atomic E-state index is 12.5. The Bertz CT molecular complexity index is 454. The van der Waals surface area contributed by atoms with Crippen LogP contribution < -0.4 is 0 Å². The van der Waals surface area contributed by atoms with Crippen LogP contribution in [0.3, 0.4) is 0 Å². The van der Waals surface area contributed by atoms with Crippen LogP contribution in [0.5, 0.6) is 5.75 Å². The lowest BCUT2D eigenvalue weighted by atomic mass is 9.96. The van der Waals surface area contributed by atoms with Crippen molar-refractivity contribution in [2.75, 3.05) is 26.2 Å². The van der Waals surface area contributed by atoms with Crippen molar-refractivity contribution in [1.82, 2.24) is 9.80 Å². The lowest BCUT2D eigenvalue weighted by molar-refractivity contribution is -0.137. The zero-order chi connectivity index (χ0) is 15.2. The Balaban J connectivity index is 1.94. The molecule has 1 aromatic carbocycles. The van der Waals surface area contributed by atoms with Gasteiger partial charge in [0.1, 0.15) is 5.75 Å². The molecule has 21 heavy (non-hydrogen) atoms. The number of amides is 1. The second kappa shape index (κ2) is 7.46. The summed E-state index contributed by atoms with van der Waals surface area (Å²) in [6.07, 6.45) is 2.08. The molecule has 0 saturated carbocycles. The van der Waals surface area contributed by atoms with Crippen LogP contribution >= 0.6 is 0 Å². The minimum absolute atomic E-state index is 0.135. The van der Waals surface area contributed by atoms with Crippen LogP contribution in [0.15, 0.2) is 24.3 Å². The molecule has 0 aromatic heterocycles. The first-order chi connectivity index (χ1) is 10.1. The number of likely N-dealkylation sites (tertiary alicyclic amines) is 1. The third-order valence-corrected chi connectivity index (χ3v) is 4.27. The summed E-state index contributed by atoms with van der Waals surface area (Å²) in [5.74, 6) is 0.734. The van der Waals surface area contributed by atoms with Crippen molar-refractivity contribution in [2.45, 2.75) is 33.2 Å². The molecule has 1 atom stereocenters. The second-order valence-corrected chi connectivity index (χ2v) is 5.75. The molecule has 1 N–H and O–H groups in total. The van der Waals surface area contributed by atoms with Gasteiger partial charge < -0.3 is 10.0 Å². The molecule has 1 aromatic rings. The van der Waals surface area contributed by atoms with Crippen LogP contribution in [0.4, 0.5) is 0 Å². The molecule has 0 spiro atoms. The quantitative estimate of drug-likeness (QED) is 0.906. The lowest BCUT2D eigenvalue weighted by Gasteiger charge is -2.34. The summed E-state index contributed by atoms with van der Waals surface area (Å²) in [5.41, 5.74) is 1.18. The Hall–Kier alpha value is -1.55. The van der Waals surface area contributed by atoms with Gasteiger partial charge in [-0.05, 0) is 50.9 Å². The summed E-state index contributed by atoms with van der Waals surface area (Å²) in [6, 6.07) is 7.34. The Kier molecular flexibility index (Phi) is 5.62. The van der Waals surface area contributed by atoms with Gasteiger partial charge >= 0.3 is 0 Å². The average molecular weight is 290 g/mol. The second-order valence-electron chi connectivity index (χ2n) is 5.75. The van der Waals surface area contributed by atoms with Gasteiger partial charge in [0.05, 0.1) is 5.92 Å². The highest BCUT2D eigenvalue weighted by molar-refractivity contribution is 5.79. The molecule has 0 aliphatic carbocycles. The van der Waals surface area contributed by atoms with Crippen molar-refractivity contribution in [3.8, 4) is 5.75 Å². The van der Waals surface area contributed by atoms with Crippen molar-refractivity contribution in [1.29, 1.82) is 0 Å². The first-order valence-electron chi connectivity index (χ1n) is 7.93. The number of carbonyl (C=O) groups excluding carboxylic acids is 1. The molecule has 1 saturated heterocycles. The number of carbonyl (C=O) groups is 1. The van der Waals surface area contributed by atoms with E-state index in [1.807, 2.05) is 30.9 Å². The zero-order valence-electron chi connectivity index (χ0n) is 13.1. The number of hydrogen-bond acceptors (Lipinski definition) is 3. The number of rotatable bonds is 5. The fraction of sp³-hybridized carbons (Fsp3) is 0.588. The van der Waals surface area contributed by atoms with Gasteiger partial charge in [-0.25, -0.2) is 0 Å². The van der Waals surface area contributed by atoms with E-state index in [0.717, 1.165) is 45.6 Å². The fourth-order valence-corrected chi connectivity index (χ4v) is 3.05. The summed E-state index contributed by atoms with van der Waals surface area (Å²) in [5, 5.41) is 9.33. The lowest BCUT2D eigenvalue weighted by Crippen LogP contribution is -2.44. The van der Waals surface area contributed by atoms with Crippen LogP contribution in [0.1, 0.15) is 32.3 Å². The smallest absolute Gasteiger partial charge is 0.226 e. The van der Waals surface area contributed by atoms with Gasteiger partial charge in [-0.1, -0.05) is 12.1 Å². The predicted molar refractivity (Wildman–Crippen MR) is 84.0 cm³/mol. The van der Waals surface area contributed by atoms with Gasteiger partial charge in [0.25, 0.3) is 0 Å². The van der Waals surface area contributed by atoms with Crippen molar-refractivity contribution < 1.29 is 9.90 Å². The molecule has 4 heteroatoms. The van der Waals surface area contributed by atoms with E-state index in [2.05, 4.69) is 4.90 Å². The van der Waals surface area contributed by atoms with E-state index < -0.39 is 0 Å². The number of phenols is 1. The average Bonchev–Trinajstić information content (AvgIpc) is 2.51. The molecule has 2 rings (SSSR count). The number of phenolic OH excluding ortho intramolecular Hbond substituents is 1. The van der Waals surface area contributed by atoms with E-state index in [9.17, 15) is 9.90 Å². The molecule has 0 unspecified atom stereocenters. The first-order valence-corrected chi connectivity index (χ1v) is 7.93. The Morgan fingerprint density at radius 1 is 1.29 bits per heavy atom. The topological polar surface area (TPSA) is 43.8 Å². The standard InChI is InChI=1S/C17H26N2O2/c1-3-19(4-2)17(21)15-6-5-11-18(13-15)12-14-7-9-16(20)10-8-14/h7-10,15,20H,3-6,11-13H2,1-2H3/t15-/m0/s1. The van der Waals surface area contributed by atoms with E-state index in [0.29, 0.717) is 11.7 Å². The molecule has 1 amide bonds. The third kappa shape index (κ3) is 4.21. The highest BCUT2D eigenvalue weighted by atomic mass is 16.3. The number of piperidine rings is 1. The van der Waals surface area contributed by atoms with Crippen LogP contribution in [0.25, 0.3) is 0 Å². The van der Waals surface area contributed by atoms with E-state index in [-0.39, 0.29) is 5.92 Å². The van der Waals surface area contributed by atoms with Crippen molar-refractivity contribution in [3.63, 3.8) is 0 Å². The van der Waals surface area contributed by atoms with Gasteiger partial charge in [-0.3, -0.25) is 9.69 Å². The minimum atomic E-state index is 0.135. The van der Waals surface area contributed by atoms with Crippen LogP contribution in [-0.2, 0) is 11.3 Å². The summed E-state index contributed by atoms with van der Waals surface area (Å²) in [6.45, 7) is 8.41. The summed E-state index contributed by atoms with van der Waals surface area (Å²) >= 11 is 0. The van der Waals surface area contributed by atoms with Crippen molar-refractivity contribution >= 4 is 5.91 Å². The van der Waals surface area contributed by atoms with E-state index >= 15 is 0 Å². The van der Waals surface area contributed by atoms with Crippen LogP contribution in [0, 0.1) is 5.92 Å². The minimum Gasteiger partial charge on any atom is -0.508 e. The molecule has 4 nitrogen and oxygen atoms in total. The normalized spacial score (nSPS) is 19.4.